The first-order valence-electron chi connectivity index (χ1n) is 4.43. The molecule has 0 aliphatic rings. The maximum atomic E-state index is 9.10. The maximum Gasteiger partial charge on any atom is 0.0942 e. The van der Waals surface area contributed by atoms with E-state index in [1.807, 2.05) is 30.5 Å². The van der Waals surface area contributed by atoms with Gasteiger partial charge >= 0.3 is 0 Å². The van der Waals surface area contributed by atoms with Crippen LogP contribution in [0, 0.1) is 0 Å². The van der Waals surface area contributed by atoms with Crippen LogP contribution < -0.4 is 5.32 Å². The highest BCUT2D eigenvalue weighted by Crippen LogP contribution is 2.17. The number of rotatable bonds is 5. The van der Waals surface area contributed by atoms with Crippen molar-refractivity contribution in [2.45, 2.75) is 11.0 Å². The minimum absolute atomic E-state index is 0.212. The molecule has 3 nitrogen and oxygen atoms in total. The average Bonchev–Trinajstić information content (AvgIpc) is 2.26. The first-order valence-corrected chi connectivity index (χ1v) is 5.65. The summed E-state index contributed by atoms with van der Waals surface area (Å²) in [6, 6.07) is 7.93. The summed E-state index contributed by atoms with van der Waals surface area (Å²) in [6.45, 7) is 0.158. The molecule has 0 saturated carbocycles. The van der Waals surface area contributed by atoms with Crippen LogP contribution in [0.3, 0.4) is 0 Å². The molecule has 4 heteroatoms. The molecule has 3 N–H and O–H groups in total. The smallest absolute Gasteiger partial charge is 0.0942 e. The number of anilines is 1. The van der Waals surface area contributed by atoms with Crippen molar-refractivity contribution in [1.82, 2.24) is 0 Å². The zero-order valence-electron chi connectivity index (χ0n) is 8.10. The zero-order valence-corrected chi connectivity index (χ0v) is 8.92. The topological polar surface area (TPSA) is 52.5 Å². The number of thioether (sulfide) groups is 1. The Morgan fingerprint density at radius 2 is 2.00 bits per heavy atom. The van der Waals surface area contributed by atoms with Crippen LogP contribution in [-0.4, -0.2) is 35.7 Å². The number of benzene rings is 1. The van der Waals surface area contributed by atoms with Gasteiger partial charge in [0.25, 0.3) is 0 Å². The number of hydrogen-bond acceptors (Lipinski definition) is 4. The molecular weight excluding hydrogens is 198 g/mol. The molecule has 1 aromatic rings. The molecule has 1 rings (SSSR count). The highest BCUT2D eigenvalue weighted by molar-refractivity contribution is 7.98. The van der Waals surface area contributed by atoms with Crippen molar-refractivity contribution >= 4 is 17.4 Å². The molecule has 0 aromatic heterocycles. The van der Waals surface area contributed by atoms with Crippen molar-refractivity contribution in [2.24, 2.45) is 0 Å². The molecule has 78 valence electrons. The van der Waals surface area contributed by atoms with Crippen LogP contribution in [-0.2, 0) is 0 Å². The Hall–Kier alpha value is -0.710. The standard InChI is InChI=1S/C10H15NO2S/c1-14-10-4-2-8(3-5-10)11-6-9(13)7-12/h2-5,9,11-13H,6-7H2,1H3/t9-/m0/s1. The number of nitrogens with one attached hydrogen (secondary N) is 1. The summed E-state index contributed by atoms with van der Waals surface area (Å²) < 4.78 is 0. The maximum absolute atomic E-state index is 9.10. The van der Waals surface area contributed by atoms with Gasteiger partial charge in [-0.3, -0.25) is 0 Å². The number of aliphatic hydroxyl groups excluding tert-OH is 2. The minimum atomic E-state index is -0.699. The van der Waals surface area contributed by atoms with Gasteiger partial charge in [-0.05, 0) is 30.5 Å². The Balaban J connectivity index is 2.43. The minimum Gasteiger partial charge on any atom is -0.394 e. The summed E-state index contributed by atoms with van der Waals surface area (Å²) in [7, 11) is 0. The third-order valence-electron chi connectivity index (χ3n) is 1.84. The molecule has 0 amide bonds. The van der Waals surface area contributed by atoms with Crippen LogP contribution in [0.4, 0.5) is 5.69 Å². The third-order valence-corrected chi connectivity index (χ3v) is 2.59. The van der Waals surface area contributed by atoms with Crippen molar-refractivity contribution in [2.75, 3.05) is 24.7 Å². The SMILES string of the molecule is CSc1ccc(NC[C@H](O)CO)cc1. The molecule has 0 unspecified atom stereocenters. The van der Waals surface area contributed by atoms with E-state index in [-0.39, 0.29) is 6.61 Å². The lowest BCUT2D eigenvalue weighted by molar-refractivity contribution is 0.105. The molecule has 0 bridgehead atoms. The van der Waals surface area contributed by atoms with Crippen LogP contribution in [0.15, 0.2) is 29.2 Å². The predicted octanol–water partition coefficient (Wildman–Crippen LogP) is 1.17. The van der Waals surface area contributed by atoms with Gasteiger partial charge in [-0.1, -0.05) is 0 Å². The van der Waals surface area contributed by atoms with E-state index < -0.39 is 6.10 Å². The molecule has 0 aliphatic heterocycles. The van der Waals surface area contributed by atoms with Crippen molar-refractivity contribution in [3.8, 4) is 0 Å². The molecule has 0 spiro atoms. The van der Waals surface area contributed by atoms with Gasteiger partial charge in [0.1, 0.15) is 0 Å². The summed E-state index contributed by atoms with van der Waals surface area (Å²) in [5.41, 5.74) is 0.954. The molecule has 0 aliphatic carbocycles. The predicted molar refractivity (Wildman–Crippen MR) is 59.8 cm³/mol. The van der Waals surface area contributed by atoms with Crippen molar-refractivity contribution in [3.63, 3.8) is 0 Å². The van der Waals surface area contributed by atoms with Gasteiger partial charge in [0.15, 0.2) is 0 Å². The Bertz CT molecular complexity index is 263. The largest absolute Gasteiger partial charge is 0.394 e. The number of aliphatic hydroxyl groups is 2. The van der Waals surface area contributed by atoms with Gasteiger partial charge in [0.05, 0.1) is 12.7 Å². The van der Waals surface area contributed by atoms with Crippen LogP contribution in [0.25, 0.3) is 0 Å². The van der Waals surface area contributed by atoms with Gasteiger partial charge < -0.3 is 15.5 Å². The molecule has 0 heterocycles. The Labute approximate surface area is 88.2 Å². The molecule has 1 atom stereocenters. The Morgan fingerprint density at radius 1 is 1.36 bits per heavy atom. The van der Waals surface area contributed by atoms with Crippen molar-refractivity contribution < 1.29 is 10.2 Å². The second kappa shape index (κ2) is 5.90. The fraction of sp³-hybridized carbons (Fsp3) is 0.400. The second-order valence-corrected chi connectivity index (χ2v) is 3.83. The lowest BCUT2D eigenvalue weighted by Gasteiger charge is -2.10. The van der Waals surface area contributed by atoms with Gasteiger partial charge in [-0.2, -0.15) is 0 Å². The lowest BCUT2D eigenvalue weighted by Crippen LogP contribution is -2.22. The zero-order chi connectivity index (χ0) is 10.4. The fourth-order valence-electron chi connectivity index (χ4n) is 1.01. The monoisotopic (exact) mass is 213 g/mol. The summed E-state index contributed by atoms with van der Waals surface area (Å²) in [6.07, 6.45) is 1.33. The highest BCUT2D eigenvalue weighted by Gasteiger charge is 2.00. The van der Waals surface area contributed by atoms with Crippen LogP contribution >= 0.6 is 11.8 Å². The van der Waals surface area contributed by atoms with E-state index in [0.717, 1.165) is 5.69 Å². The third kappa shape index (κ3) is 3.57. The Morgan fingerprint density at radius 3 is 2.50 bits per heavy atom. The number of hydrogen-bond donors (Lipinski definition) is 3. The van der Waals surface area contributed by atoms with Crippen molar-refractivity contribution in [1.29, 1.82) is 0 Å². The molecule has 14 heavy (non-hydrogen) atoms. The summed E-state index contributed by atoms with van der Waals surface area (Å²) in [4.78, 5) is 1.21. The average molecular weight is 213 g/mol. The van der Waals surface area contributed by atoms with Crippen LogP contribution in [0.2, 0.25) is 0 Å². The van der Waals surface area contributed by atoms with Crippen LogP contribution in [0.1, 0.15) is 0 Å². The fourth-order valence-corrected chi connectivity index (χ4v) is 1.42. The van der Waals surface area contributed by atoms with E-state index in [1.165, 1.54) is 4.90 Å². The van der Waals surface area contributed by atoms with E-state index in [0.29, 0.717) is 6.54 Å². The van der Waals surface area contributed by atoms with E-state index >= 15 is 0 Å². The van der Waals surface area contributed by atoms with Gasteiger partial charge in [-0.25, -0.2) is 0 Å². The summed E-state index contributed by atoms with van der Waals surface area (Å²) in [5, 5.41) is 20.7. The molecule has 0 fully saturated rings. The molecule has 1 aromatic carbocycles. The highest BCUT2D eigenvalue weighted by atomic mass is 32.2. The van der Waals surface area contributed by atoms with E-state index in [4.69, 9.17) is 10.2 Å². The van der Waals surface area contributed by atoms with Gasteiger partial charge in [0, 0.05) is 17.1 Å². The molecule has 0 saturated heterocycles. The first-order chi connectivity index (χ1) is 6.76. The van der Waals surface area contributed by atoms with E-state index in [2.05, 4.69) is 5.32 Å². The summed E-state index contributed by atoms with van der Waals surface area (Å²) in [5.74, 6) is 0. The van der Waals surface area contributed by atoms with Gasteiger partial charge in [-0.15, -0.1) is 11.8 Å². The summed E-state index contributed by atoms with van der Waals surface area (Å²) >= 11 is 1.69. The van der Waals surface area contributed by atoms with Crippen molar-refractivity contribution in [3.05, 3.63) is 24.3 Å². The Kier molecular flexibility index (Phi) is 4.79. The molecule has 0 radical (unpaired) electrons. The van der Waals surface area contributed by atoms with E-state index in [1.54, 1.807) is 11.8 Å². The first kappa shape index (κ1) is 11.4. The normalized spacial score (nSPS) is 12.5. The van der Waals surface area contributed by atoms with E-state index in [9.17, 15) is 0 Å². The van der Waals surface area contributed by atoms with Gasteiger partial charge in [0.2, 0.25) is 0 Å². The quantitative estimate of drug-likeness (QED) is 0.643. The van der Waals surface area contributed by atoms with Crippen LogP contribution in [0.5, 0.6) is 0 Å². The second-order valence-electron chi connectivity index (χ2n) is 2.95. The molecular formula is C10H15NO2S. The lowest BCUT2D eigenvalue weighted by atomic mass is 10.3.